The van der Waals surface area contributed by atoms with Gasteiger partial charge in [0.1, 0.15) is 5.51 Å². The molecule has 0 saturated heterocycles. The van der Waals surface area contributed by atoms with Gasteiger partial charge in [-0.2, -0.15) is 4.37 Å². The fourth-order valence-electron chi connectivity index (χ4n) is 0.545. The van der Waals surface area contributed by atoms with Crippen LogP contribution in [0.1, 0.15) is 5.82 Å². The predicted octanol–water partition coefficient (Wildman–Crippen LogP) is 0.600. The summed E-state index contributed by atoms with van der Waals surface area (Å²) in [6.45, 7) is 0.837. The van der Waals surface area contributed by atoms with E-state index in [2.05, 4.69) is 9.36 Å². The molecule has 0 aliphatic rings. The minimum absolute atomic E-state index is 0.837. The Morgan fingerprint density at radius 3 is 2.89 bits per heavy atom. The van der Waals surface area contributed by atoms with Gasteiger partial charge < -0.3 is 4.90 Å². The van der Waals surface area contributed by atoms with Crippen molar-refractivity contribution >= 4 is 11.5 Å². The number of hydrogen-bond acceptors (Lipinski definition) is 4. The van der Waals surface area contributed by atoms with Crippen molar-refractivity contribution in [3.8, 4) is 0 Å². The summed E-state index contributed by atoms with van der Waals surface area (Å²) < 4.78 is 4.05. The van der Waals surface area contributed by atoms with Crippen LogP contribution in [-0.4, -0.2) is 28.4 Å². The van der Waals surface area contributed by atoms with E-state index in [1.54, 1.807) is 5.51 Å². The van der Waals surface area contributed by atoms with Crippen LogP contribution in [0.3, 0.4) is 0 Å². The lowest BCUT2D eigenvalue weighted by Gasteiger charge is -2.03. The van der Waals surface area contributed by atoms with Crippen molar-refractivity contribution < 1.29 is 0 Å². The van der Waals surface area contributed by atoms with Gasteiger partial charge in [-0.1, -0.05) is 0 Å². The van der Waals surface area contributed by atoms with Crippen molar-refractivity contribution in [1.29, 1.82) is 0 Å². The molecule has 0 fully saturated rings. The monoisotopic (exact) mass is 143 g/mol. The van der Waals surface area contributed by atoms with E-state index in [0.717, 1.165) is 12.4 Å². The zero-order valence-corrected chi connectivity index (χ0v) is 6.35. The van der Waals surface area contributed by atoms with Crippen LogP contribution in [0.25, 0.3) is 0 Å². The fourth-order valence-corrected chi connectivity index (χ4v) is 0.987. The third-order valence-electron chi connectivity index (χ3n) is 0.865. The smallest absolute Gasteiger partial charge is 0.156 e. The first-order valence-electron chi connectivity index (χ1n) is 2.69. The highest BCUT2D eigenvalue weighted by Crippen LogP contribution is 1.95. The van der Waals surface area contributed by atoms with Gasteiger partial charge in [-0.3, -0.25) is 0 Å². The molecule has 1 heterocycles. The van der Waals surface area contributed by atoms with Gasteiger partial charge in [0.2, 0.25) is 0 Å². The van der Waals surface area contributed by atoms with Gasteiger partial charge in [-0.15, -0.1) is 0 Å². The lowest BCUT2D eigenvalue weighted by molar-refractivity contribution is 0.392. The largest absolute Gasteiger partial charge is 0.302 e. The number of hydrogen-bond donors (Lipinski definition) is 0. The number of aromatic nitrogens is 2. The summed E-state index contributed by atoms with van der Waals surface area (Å²) in [4.78, 5) is 6.07. The molecule has 0 radical (unpaired) electrons. The molecule has 0 aliphatic heterocycles. The average Bonchev–Trinajstić information content (AvgIpc) is 2.15. The summed E-state index contributed by atoms with van der Waals surface area (Å²) in [5.41, 5.74) is 1.75. The second-order valence-electron chi connectivity index (χ2n) is 2.09. The molecule has 0 saturated carbocycles. The quantitative estimate of drug-likeness (QED) is 0.607. The molecule has 0 amide bonds. The molecule has 50 valence electrons. The van der Waals surface area contributed by atoms with Crippen LogP contribution in [0.15, 0.2) is 5.51 Å². The number of rotatable bonds is 2. The van der Waals surface area contributed by atoms with Gasteiger partial charge in [0.15, 0.2) is 5.82 Å². The maximum Gasteiger partial charge on any atom is 0.156 e. The maximum atomic E-state index is 4.05. The summed E-state index contributed by atoms with van der Waals surface area (Å²) in [5, 5.41) is 0. The molecule has 0 bridgehead atoms. The normalized spacial score (nSPS) is 10.6. The summed E-state index contributed by atoms with van der Waals surface area (Å²) in [7, 11) is 4.00. The van der Waals surface area contributed by atoms with Crippen LogP contribution in [0, 0.1) is 0 Å². The second-order valence-corrected chi connectivity index (χ2v) is 2.69. The molecule has 0 spiro atoms. The van der Waals surface area contributed by atoms with E-state index in [9.17, 15) is 0 Å². The Morgan fingerprint density at radius 2 is 2.44 bits per heavy atom. The molecule has 4 heteroatoms. The molecule has 9 heavy (non-hydrogen) atoms. The molecular weight excluding hydrogens is 134 g/mol. The molecule has 0 unspecified atom stereocenters. The van der Waals surface area contributed by atoms with Crippen LogP contribution in [-0.2, 0) is 6.54 Å². The highest BCUT2D eigenvalue weighted by atomic mass is 32.1. The molecular formula is C5H9N3S. The zero-order chi connectivity index (χ0) is 6.69. The first-order valence-corrected chi connectivity index (χ1v) is 3.52. The summed E-state index contributed by atoms with van der Waals surface area (Å²) >= 11 is 1.39. The van der Waals surface area contributed by atoms with Crippen molar-refractivity contribution in [3.05, 3.63) is 11.3 Å². The summed E-state index contributed by atoms with van der Waals surface area (Å²) in [6, 6.07) is 0. The van der Waals surface area contributed by atoms with Crippen molar-refractivity contribution in [3.63, 3.8) is 0 Å². The molecule has 1 rings (SSSR count). The third-order valence-corrected chi connectivity index (χ3v) is 1.38. The molecule has 3 nitrogen and oxygen atoms in total. The standard InChI is InChI=1S/C5H9N3S/c1-8(2)3-5-6-4-9-7-5/h4H,3H2,1-2H3. The highest BCUT2D eigenvalue weighted by Gasteiger charge is 1.95. The molecule has 0 N–H and O–H groups in total. The third kappa shape index (κ3) is 2.07. The first-order chi connectivity index (χ1) is 4.29. The van der Waals surface area contributed by atoms with Crippen LogP contribution in [0.5, 0.6) is 0 Å². The lowest BCUT2D eigenvalue weighted by Crippen LogP contribution is -2.11. The summed E-state index contributed by atoms with van der Waals surface area (Å²) in [5.74, 6) is 0.907. The van der Waals surface area contributed by atoms with Gasteiger partial charge in [0.05, 0.1) is 6.54 Å². The summed E-state index contributed by atoms with van der Waals surface area (Å²) in [6.07, 6.45) is 0. The molecule has 1 aromatic heterocycles. The Kier molecular flexibility index (Phi) is 2.13. The van der Waals surface area contributed by atoms with Gasteiger partial charge in [0.25, 0.3) is 0 Å². The van der Waals surface area contributed by atoms with E-state index in [-0.39, 0.29) is 0 Å². The van der Waals surface area contributed by atoms with Crippen LogP contribution in [0.4, 0.5) is 0 Å². The van der Waals surface area contributed by atoms with Crippen LogP contribution in [0.2, 0.25) is 0 Å². The molecule has 0 aromatic carbocycles. The van der Waals surface area contributed by atoms with E-state index in [4.69, 9.17) is 0 Å². The second kappa shape index (κ2) is 2.89. The predicted molar refractivity (Wildman–Crippen MR) is 37.3 cm³/mol. The minimum atomic E-state index is 0.837. The number of nitrogens with zero attached hydrogens (tertiary/aromatic N) is 3. The average molecular weight is 143 g/mol. The molecule has 1 aromatic rings. The molecule has 0 atom stereocenters. The van der Waals surface area contributed by atoms with E-state index < -0.39 is 0 Å². The van der Waals surface area contributed by atoms with Crippen molar-refractivity contribution in [1.82, 2.24) is 14.3 Å². The van der Waals surface area contributed by atoms with Gasteiger partial charge in [-0.05, 0) is 25.6 Å². The lowest BCUT2D eigenvalue weighted by atomic mass is 10.6. The van der Waals surface area contributed by atoms with Crippen LogP contribution < -0.4 is 0 Å². The van der Waals surface area contributed by atoms with E-state index in [0.29, 0.717) is 0 Å². The van der Waals surface area contributed by atoms with E-state index in [1.165, 1.54) is 11.5 Å². The van der Waals surface area contributed by atoms with E-state index in [1.807, 2.05) is 19.0 Å². The SMILES string of the molecule is CN(C)Cc1ncsn1. The Morgan fingerprint density at radius 1 is 1.67 bits per heavy atom. The van der Waals surface area contributed by atoms with Crippen molar-refractivity contribution in [2.24, 2.45) is 0 Å². The fraction of sp³-hybridized carbons (Fsp3) is 0.600. The van der Waals surface area contributed by atoms with Gasteiger partial charge >= 0.3 is 0 Å². The Bertz CT molecular complexity index is 159. The first kappa shape index (κ1) is 6.64. The van der Waals surface area contributed by atoms with E-state index >= 15 is 0 Å². The van der Waals surface area contributed by atoms with Crippen molar-refractivity contribution in [2.75, 3.05) is 14.1 Å². The minimum Gasteiger partial charge on any atom is -0.302 e. The van der Waals surface area contributed by atoms with Crippen LogP contribution >= 0.6 is 11.5 Å². The zero-order valence-electron chi connectivity index (χ0n) is 5.53. The maximum absolute atomic E-state index is 4.05. The Balaban J connectivity index is 2.48. The van der Waals surface area contributed by atoms with Crippen molar-refractivity contribution in [2.45, 2.75) is 6.54 Å². The topological polar surface area (TPSA) is 29.0 Å². The Hall–Kier alpha value is -0.480. The Labute approximate surface area is 58.5 Å². The molecule has 0 aliphatic carbocycles. The van der Waals surface area contributed by atoms with Gasteiger partial charge in [0, 0.05) is 0 Å². The van der Waals surface area contributed by atoms with Gasteiger partial charge in [-0.25, -0.2) is 4.98 Å². The highest BCUT2D eigenvalue weighted by molar-refractivity contribution is 7.03.